The van der Waals surface area contributed by atoms with Crippen LogP contribution in [0.5, 0.6) is 0 Å². The molecule has 0 spiro atoms. The van der Waals surface area contributed by atoms with Crippen LogP contribution < -0.4 is 5.32 Å². The summed E-state index contributed by atoms with van der Waals surface area (Å²) in [6.07, 6.45) is 0. The van der Waals surface area contributed by atoms with E-state index in [0.717, 1.165) is 33.7 Å². The molecule has 0 aromatic heterocycles. The van der Waals surface area contributed by atoms with E-state index >= 15 is 0 Å². The Balaban J connectivity index is 1.86. The summed E-state index contributed by atoms with van der Waals surface area (Å²) in [6, 6.07) is 17.6. The minimum atomic E-state index is -0.232. The van der Waals surface area contributed by atoms with E-state index in [0.29, 0.717) is 6.54 Å². The van der Waals surface area contributed by atoms with Crippen LogP contribution in [0.3, 0.4) is 0 Å². The number of benzene rings is 2. The number of fused-ring (bicyclic) bond motifs is 2. The van der Waals surface area contributed by atoms with Crippen LogP contribution in [0, 0.1) is 5.92 Å². The van der Waals surface area contributed by atoms with Crippen LogP contribution >= 0.6 is 11.8 Å². The van der Waals surface area contributed by atoms with E-state index in [1.54, 1.807) is 0 Å². The molecule has 1 N–H and O–H groups in total. The highest BCUT2D eigenvalue weighted by Crippen LogP contribution is 2.46. The van der Waals surface area contributed by atoms with Crippen molar-refractivity contribution in [3.05, 3.63) is 76.9 Å². The third-order valence-corrected chi connectivity index (χ3v) is 5.79. The molecule has 0 saturated carbocycles. The zero-order valence-electron chi connectivity index (χ0n) is 14.0. The van der Waals surface area contributed by atoms with Gasteiger partial charge in [-0.15, -0.1) is 0 Å². The smallest absolute Gasteiger partial charge is 0.194 e. The number of allylic oxidation sites excluding steroid dienone is 1. The van der Waals surface area contributed by atoms with E-state index in [-0.39, 0.29) is 22.7 Å². The molecule has 0 amide bonds. The van der Waals surface area contributed by atoms with Crippen molar-refractivity contribution in [2.24, 2.45) is 5.92 Å². The lowest BCUT2D eigenvalue weighted by molar-refractivity contribution is -0.114. The van der Waals surface area contributed by atoms with Crippen LogP contribution in [0.2, 0.25) is 0 Å². The Labute approximate surface area is 151 Å². The summed E-state index contributed by atoms with van der Waals surface area (Å²) in [6.45, 7) is 2.55. The van der Waals surface area contributed by atoms with Crippen molar-refractivity contribution >= 4 is 28.4 Å². The number of hydrogen-bond donors (Lipinski definition) is 1. The van der Waals surface area contributed by atoms with Gasteiger partial charge in [-0.05, 0) is 11.3 Å². The predicted octanol–water partition coefficient (Wildman–Crippen LogP) is 3.88. The second kappa shape index (κ2) is 6.52. The topological polar surface area (TPSA) is 46.2 Å². The number of hydrogen-bond acceptors (Lipinski definition) is 4. The maximum atomic E-state index is 13.1. The third kappa shape index (κ3) is 2.61. The van der Waals surface area contributed by atoms with Crippen LogP contribution in [0.15, 0.2) is 60.2 Å². The molecule has 3 nitrogen and oxygen atoms in total. The Morgan fingerprint density at radius 1 is 1.08 bits per heavy atom. The van der Waals surface area contributed by atoms with Gasteiger partial charge in [0, 0.05) is 34.9 Å². The van der Waals surface area contributed by atoms with E-state index in [2.05, 4.69) is 5.32 Å². The molecule has 25 heavy (non-hydrogen) atoms. The van der Waals surface area contributed by atoms with E-state index in [1.807, 2.05) is 61.5 Å². The highest BCUT2D eigenvalue weighted by atomic mass is 32.2. The molecule has 126 valence electrons. The Kier molecular flexibility index (Phi) is 4.22. The molecule has 0 radical (unpaired) electrons. The monoisotopic (exact) mass is 349 g/mol. The first-order valence-electron chi connectivity index (χ1n) is 8.56. The van der Waals surface area contributed by atoms with Gasteiger partial charge in [-0.1, -0.05) is 73.3 Å². The van der Waals surface area contributed by atoms with Crippen LogP contribution in [0.4, 0.5) is 0 Å². The molecule has 1 aliphatic heterocycles. The highest BCUT2D eigenvalue weighted by Gasteiger charge is 2.44. The van der Waals surface area contributed by atoms with E-state index < -0.39 is 0 Å². The van der Waals surface area contributed by atoms with Crippen molar-refractivity contribution in [1.29, 1.82) is 0 Å². The fourth-order valence-electron chi connectivity index (χ4n) is 3.85. The predicted molar refractivity (Wildman–Crippen MR) is 102 cm³/mol. The van der Waals surface area contributed by atoms with E-state index in [9.17, 15) is 9.59 Å². The first-order valence-corrected chi connectivity index (χ1v) is 9.54. The number of thioether (sulfide) groups is 1. The molecule has 0 bridgehead atoms. The van der Waals surface area contributed by atoms with Gasteiger partial charge in [0.25, 0.3) is 0 Å². The van der Waals surface area contributed by atoms with Gasteiger partial charge in [0.05, 0.1) is 5.92 Å². The fourth-order valence-corrected chi connectivity index (χ4v) is 4.57. The molecule has 2 aromatic carbocycles. The lowest BCUT2D eigenvalue weighted by Gasteiger charge is -2.33. The molecular weight excluding hydrogens is 330 g/mol. The quantitative estimate of drug-likeness (QED) is 0.913. The summed E-state index contributed by atoms with van der Waals surface area (Å²) in [5.74, 6) is 0.371. The molecule has 1 heterocycles. The fraction of sp³-hybridized carbons (Fsp3) is 0.238. The second-order valence-electron chi connectivity index (χ2n) is 6.29. The second-order valence-corrected chi connectivity index (χ2v) is 7.56. The largest absolute Gasteiger partial charge is 0.383 e. The molecule has 2 aliphatic rings. The summed E-state index contributed by atoms with van der Waals surface area (Å²) >= 11 is 1.34. The number of ketones is 1. The van der Waals surface area contributed by atoms with Gasteiger partial charge in [-0.3, -0.25) is 9.59 Å². The Bertz CT molecular complexity index is 872. The van der Waals surface area contributed by atoms with Crippen molar-refractivity contribution < 1.29 is 9.59 Å². The van der Waals surface area contributed by atoms with Gasteiger partial charge in [0.15, 0.2) is 10.9 Å². The van der Waals surface area contributed by atoms with Gasteiger partial charge >= 0.3 is 0 Å². The normalized spacial score (nSPS) is 21.6. The minimum Gasteiger partial charge on any atom is -0.383 e. The first kappa shape index (κ1) is 16.2. The summed E-state index contributed by atoms with van der Waals surface area (Å²) in [7, 11) is 0. The standard InChI is InChI=1S/C21H19NO2S/c1-2-25-21(24)16-12-22-19-14-10-6-7-11-15(14)20(23)18(19)17(16)13-8-4-3-5-9-13/h3-11,16-17,22H,2,12H2,1H3/t16-,17+/m0/s1. The average Bonchev–Trinajstić information content (AvgIpc) is 2.95. The number of rotatable bonds is 3. The van der Waals surface area contributed by atoms with Crippen LogP contribution in [0.25, 0.3) is 5.70 Å². The van der Waals surface area contributed by atoms with Gasteiger partial charge in [0.1, 0.15) is 0 Å². The van der Waals surface area contributed by atoms with Crippen LogP contribution in [0.1, 0.15) is 34.3 Å². The Hall–Kier alpha value is -2.33. The summed E-state index contributed by atoms with van der Waals surface area (Å²) in [4.78, 5) is 25.9. The SMILES string of the molecule is CCSC(=O)[C@H]1CNC2=C(C(=O)c3ccccc32)[C@@H]1c1ccccc1. The number of carbonyl (C=O) groups excluding carboxylic acids is 2. The molecule has 4 heteroatoms. The number of carbonyl (C=O) groups is 2. The van der Waals surface area contributed by atoms with Crippen molar-refractivity contribution in [3.8, 4) is 0 Å². The molecule has 1 aliphatic carbocycles. The maximum Gasteiger partial charge on any atom is 0.194 e. The number of nitrogens with one attached hydrogen (secondary N) is 1. The molecule has 0 fully saturated rings. The Morgan fingerprint density at radius 2 is 1.76 bits per heavy atom. The van der Waals surface area contributed by atoms with Crippen molar-refractivity contribution in [2.45, 2.75) is 12.8 Å². The van der Waals surface area contributed by atoms with Gasteiger partial charge in [-0.25, -0.2) is 0 Å². The van der Waals surface area contributed by atoms with Gasteiger partial charge in [-0.2, -0.15) is 0 Å². The van der Waals surface area contributed by atoms with Crippen LogP contribution in [-0.4, -0.2) is 23.2 Å². The maximum absolute atomic E-state index is 13.1. The zero-order valence-corrected chi connectivity index (χ0v) is 14.8. The van der Waals surface area contributed by atoms with Gasteiger partial charge < -0.3 is 5.32 Å². The van der Waals surface area contributed by atoms with E-state index in [1.165, 1.54) is 11.8 Å². The highest BCUT2D eigenvalue weighted by molar-refractivity contribution is 8.13. The molecule has 0 unspecified atom stereocenters. The van der Waals surface area contributed by atoms with Crippen molar-refractivity contribution in [1.82, 2.24) is 5.32 Å². The Morgan fingerprint density at radius 3 is 2.48 bits per heavy atom. The molecule has 4 rings (SSSR count). The molecule has 0 saturated heterocycles. The van der Waals surface area contributed by atoms with Gasteiger partial charge in [0.2, 0.25) is 0 Å². The molecule has 2 aromatic rings. The molecular formula is C21H19NO2S. The average molecular weight is 349 g/mol. The molecule has 2 atom stereocenters. The van der Waals surface area contributed by atoms with Crippen molar-refractivity contribution in [3.63, 3.8) is 0 Å². The summed E-state index contributed by atoms with van der Waals surface area (Å²) in [5.41, 5.74) is 4.37. The lowest BCUT2D eigenvalue weighted by atomic mass is 9.77. The first-order chi connectivity index (χ1) is 12.2. The summed E-state index contributed by atoms with van der Waals surface area (Å²) in [5, 5.41) is 3.53. The van der Waals surface area contributed by atoms with E-state index in [4.69, 9.17) is 0 Å². The van der Waals surface area contributed by atoms with Crippen LogP contribution in [-0.2, 0) is 4.79 Å². The number of Topliss-reactive ketones (excluding diaryl/α,β-unsaturated/α-hetero) is 1. The third-order valence-electron chi connectivity index (χ3n) is 4.92. The lowest BCUT2D eigenvalue weighted by Crippen LogP contribution is -2.38. The zero-order chi connectivity index (χ0) is 17.4. The summed E-state index contributed by atoms with van der Waals surface area (Å²) < 4.78 is 0. The van der Waals surface area contributed by atoms with Crippen molar-refractivity contribution in [2.75, 3.05) is 12.3 Å². The minimum absolute atomic E-state index is 0.0472.